The lowest BCUT2D eigenvalue weighted by atomic mass is 9.97. The first-order valence-electron chi connectivity index (χ1n) is 9.52. The zero-order chi connectivity index (χ0) is 20.1. The van der Waals surface area contributed by atoms with Crippen molar-refractivity contribution in [1.29, 1.82) is 0 Å². The van der Waals surface area contributed by atoms with Crippen LogP contribution in [0.2, 0.25) is 10.0 Å². The molecule has 2 N–H and O–H groups in total. The zero-order valence-corrected chi connectivity index (χ0v) is 17.6. The summed E-state index contributed by atoms with van der Waals surface area (Å²) in [6, 6.07) is 7.10. The number of hydrogen-bond acceptors (Lipinski definition) is 4. The Hall–Kier alpha value is -1.82. The Balaban J connectivity index is 1.74. The minimum Gasteiger partial charge on any atom is -0.381 e. The number of carbonyl (C=O) groups is 1. The van der Waals surface area contributed by atoms with Crippen LogP contribution < -0.4 is 10.6 Å². The van der Waals surface area contributed by atoms with Gasteiger partial charge in [0.1, 0.15) is 5.82 Å². The molecule has 0 spiro atoms. The molecule has 150 valence electrons. The van der Waals surface area contributed by atoms with Crippen LogP contribution in [0.5, 0.6) is 0 Å². The second kappa shape index (κ2) is 9.59. The number of ether oxygens (including phenoxy) is 1. The van der Waals surface area contributed by atoms with Gasteiger partial charge in [0.05, 0.1) is 16.3 Å². The van der Waals surface area contributed by atoms with Crippen molar-refractivity contribution in [3.8, 4) is 0 Å². The fourth-order valence-corrected chi connectivity index (χ4v) is 3.56. The van der Waals surface area contributed by atoms with Gasteiger partial charge in [-0.3, -0.25) is 4.79 Å². The number of rotatable bonds is 6. The highest BCUT2D eigenvalue weighted by atomic mass is 35.5. The number of nitrogens with one attached hydrogen (secondary N) is 2. The predicted octanol–water partition coefficient (Wildman–Crippen LogP) is 5.41. The lowest BCUT2D eigenvalue weighted by Gasteiger charge is -2.22. The molecule has 2 heterocycles. The fourth-order valence-electron chi connectivity index (χ4n) is 3.22. The van der Waals surface area contributed by atoms with Crippen molar-refractivity contribution >= 4 is 40.6 Å². The summed E-state index contributed by atoms with van der Waals surface area (Å²) >= 11 is 12.3. The molecule has 0 unspecified atom stereocenters. The molecule has 1 amide bonds. The minimum absolute atomic E-state index is 0.0879. The van der Waals surface area contributed by atoms with Crippen molar-refractivity contribution in [1.82, 2.24) is 10.3 Å². The molecular formula is C21H25Cl2N3O2. The van der Waals surface area contributed by atoms with Gasteiger partial charge in [-0.2, -0.15) is 0 Å². The third-order valence-corrected chi connectivity index (χ3v) is 5.45. The van der Waals surface area contributed by atoms with Gasteiger partial charge in [-0.05, 0) is 54.5 Å². The van der Waals surface area contributed by atoms with Gasteiger partial charge in [-0.25, -0.2) is 4.98 Å². The molecule has 1 aliphatic heterocycles. The number of halogens is 2. The van der Waals surface area contributed by atoms with E-state index in [0.717, 1.165) is 31.6 Å². The Morgan fingerprint density at radius 1 is 1.25 bits per heavy atom. The van der Waals surface area contributed by atoms with Crippen molar-refractivity contribution in [2.75, 3.05) is 25.1 Å². The second-order valence-corrected chi connectivity index (χ2v) is 8.17. The summed E-state index contributed by atoms with van der Waals surface area (Å²) in [5.41, 5.74) is 2.21. The van der Waals surface area contributed by atoms with Crippen LogP contribution in [0.4, 0.5) is 11.5 Å². The summed E-state index contributed by atoms with van der Waals surface area (Å²) in [4.78, 5) is 17.1. The van der Waals surface area contributed by atoms with Crippen molar-refractivity contribution in [2.24, 2.45) is 5.92 Å². The first kappa shape index (κ1) is 20.9. The average molecular weight is 422 g/mol. The molecule has 1 aromatic heterocycles. The quantitative estimate of drug-likeness (QED) is 0.653. The molecule has 0 saturated carbocycles. The highest BCUT2D eigenvalue weighted by molar-refractivity contribution is 6.35. The van der Waals surface area contributed by atoms with Crippen LogP contribution >= 0.6 is 23.2 Å². The Morgan fingerprint density at radius 3 is 2.71 bits per heavy atom. The van der Waals surface area contributed by atoms with Crippen molar-refractivity contribution in [2.45, 2.75) is 32.6 Å². The number of amides is 1. The van der Waals surface area contributed by atoms with E-state index in [2.05, 4.69) is 29.5 Å². The molecule has 0 bridgehead atoms. The molecule has 0 radical (unpaired) electrons. The highest BCUT2D eigenvalue weighted by Gasteiger charge is 2.19. The summed E-state index contributed by atoms with van der Waals surface area (Å²) < 4.78 is 5.37. The molecule has 28 heavy (non-hydrogen) atoms. The van der Waals surface area contributed by atoms with E-state index in [4.69, 9.17) is 27.9 Å². The average Bonchev–Trinajstić information content (AvgIpc) is 2.69. The van der Waals surface area contributed by atoms with Crippen molar-refractivity contribution < 1.29 is 9.53 Å². The highest BCUT2D eigenvalue weighted by Crippen LogP contribution is 2.29. The van der Waals surface area contributed by atoms with E-state index in [1.54, 1.807) is 24.4 Å². The van der Waals surface area contributed by atoms with Gasteiger partial charge in [0, 0.05) is 31.0 Å². The van der Waals surface area contributed by atoms with Gasteiger partial charge >= 0.3 is 0 Å². The lowest BCUT2D eigenvalue weighted by Crippen LogP contribution is -2.32. The van der Waals surface area contributed by atoms with Crippen LogP contribution in [0.1, 0.15) is 48.5 Å². The molecule has 1 fully saturated rings. The number of anilines is 2. The predicted molar refractivity (Wildman–Crippen MR) is 114 cm³/mol. The summed E-state index contributed by atoms with van der Waals surface area (Å²) in [6.45, 7) is 6.32. The number of aromatic nitrogens is 1. The van der Waals surface area contributed by atoms with Gasteiger partial charge < -0.3 is 15.4 Å². The molecule has 7 heteroatoms. The van der Waals surface area contributed by atoms with Gasteiger partial charge in [-0.1, -0.05) is 37.0 Å². The number of pyridine rings is 1. The van der Waals surface area contributed by atoms with Crippen LogP contribution in [0.25, 0.3) is 0 Å². The molecule has 3 rings (SSSR count). The fraction of sp³-hybridized carbons (Fsp3) is 0.429. The summed E-state index contributed by atoms with van der Waals surface area (Å²) in [5, 5.41) is 7.38. The molecular weight excluding hydrogens is 397 g/mol. The maximum absolute atomic E-state index is 12.7. The van der Waals surface area contributed by atoms with Gasteiger partial charge in [0.25, 0.3) is 5.91 Å². The number of carbonyl (C=O) groups excluding carboxylic acids is 1. The normalized spacial score (nSPS) is 14.9. The lowest BCUT2D eigenvalue weighted by molar-refractivity contribution is 0.0642. The molecule has 1 aliphatic rings. The molecule has 1 saturated heterocycles. The number of hydrogen-bond donors (Lipinski definition) is 2. The first-order chi connectivity index (χ1) is 13.4. The summed E-state index contributed by atoms with van der Waals surface area (Å²) in [5.74, 6) is 1.17. The minimum atomic E-state index is -0.0879. The van der Waals surface area contributed by atoms with Crippen molar-refractivity contribution in [3.63, 3.8) is 0 Å². The van der Waals surface area contributed by atoms with E-state index < -0.39 is 0 Å². The van der Waals surface area contributed by atoms with Gasteiger partial charge in [0.15, 0.2) is 0 Å². The molecule has 2 aromatic rings. The van der Waals surface area contributed by atoms with Gasteiger partial charge in [0.2, 0.25) is 0 Å². The van der Waals surface area contributed by atoms with Crippen molar-refractivity contribution in [3.05, 3.63) is 51.6 Å². The Morgan fingerprint density at radius 2 is 2.00 bits per heavy atom. The van der Waals surface area contributed by atoms with Crippen LogP contribution in [0.3, 0.4) is 0 Å². The maximum Gasteiger partial charge on any atom is 0.253 e. The first-order valence-corrected chi connectivity index (χ1v) is 10.3. The monoisotopic (exact) mass is 421 g/mol. The largest absolute Gasteiger partial charge is 0.381 e. The van der Waals surface area contributed by atoms with E-state index in [1.807, 2.05) is 6.07 Å². The Kier molecular flexibility index (Phi) is 7.16. The third kappa shape index (κ3) is 5.37. The van der Waals surface area contributed by atoms with E-state index in [-0.39, 0.29) is 11.8 Å². The molecule has 5 nitrogen and oxygen atoms in total. The van der Waals surface area contributed by atoms with E-state index in [0.29, 0.717) is 39.6 Å². The van der Waals surface area contributed by atoms with E-state index in [1.165, 1.54) is 0 Å². The number of benzene rings is 1. The molecule has 0 aliphatic carbocycles. The van der Waals surface area contributed by atoms with Crippen LogP contribution in [0.15, 0.2) is 30.5 Å². The smallest absolute Gasteiger partial charge is 0.253 e. The second-order valence-electron chi connectivity index (χ2n) is 7.33. The van der Waals surface area contributed by atoms with Gasteiger partial charge in [-0.15, -0.1) is 0 Å². The summed E-state index contributed by atoms with van der Waals surface area (Å²) in [6.07, 6.45) is 3.59. The van der Waals surface area contributed by atoms with Crippen LogP contribution in [-0.2, 0) is 4.74 Å². The Labute approximate surface area is 175 Å². The topological polar surface area (TPSA) is 63.2 Å². The maximum atomic E-state index is 12.7. The Bertz CT molecular complexity index is 836. The van der Waals surface area contributed by atoms with E-state index >= 15 is 0 Å². The zero-order valence-electron chi connectivity index (χ0n) is 16.1. The SMILES string of the molecule is CC(C)c1cc(Nc2cc(Cl)ccc2Cl)ncc1C(=O)NCC1CCOCC1. The van der Waals surface area contributed by atoms with E-state index in [9.17, 15) is 4.79 Å². The number of nitrogens with zero attached hydrogens (tertiary/aromatic N) is 1. The standard InChI is InChI=1S/C21H25Cl2N3O2/c1-13(2)16-10-20(26-19-9-15(22)3-4-18(19)23)24-12-17(16)21(27)25-11-14-5-7-28-8-6-14/h3-4,9-10,12-14H,5-8,11H2,1-2H3,(H,24,26)(H,25,27). The van der Waals surface area contributed by atoms with Crippen LogP contribution in [-0.4, -0.2) is 30.6 Å². The summed E-state index contributed by atoms with van der Waals surface area (Å²) in [7, 11) is 0. The molecule has 0 atom stereocenters. The van der Waals surface area contributed by atoms with Crippen LogP contribution in [0, 0.1) is 5.92 Å². The third-order valence-electron chi connectivity index (χ3n) is 4.89. The molecule has 1 aromatic carbocycles.